The van der Waals surface area contributed by atoms with Crippen molar-refractivity contribution in [3.8, 4) is 22.6 Å². The first-order chi connectivity index (χ1) is 12.7. The first-order valence-corrected chi connectivity index (χ1v) is 9.45. The summed E-state index contributed by atoms with van der Waals surface area (Å²) in [4.78, 5) is 11.7. The van der Waals surface area contributed by atoms with Gasteiger partial charge in [0.25, 0.3) is 0 Å². The van der Waals surface area contributed by atoms with E-state index in [0.29, 0.717) is 13.0 Å². The molecule has 1 aliphatic carbocycles. The van der Waals surface area contributed by atoms with Gasteiger partial charge < -0.3 is 14.8 Å². The summed E-state index contributed by atoms with van der Waals surface area (Å²) in [5.74, 6) is 1.88. The van der Waals surface area contributed by atoms with E-state index in [1.165, 1.54) is 12.8 Å². The third kappa shape index (κ3) is 3.41. The first-order valence-electron chi connectivity index (χ1n) is 9.45. The summed E-state index contributed by atoms with van der Waals surface area (Å²) < 4.78 is 12.1. The molecule has 2 fully saturated rings. The molecule has 0 aromatic heterocycles. The molecule has 1 aliphatic heterocycles. The van der Waals surface area contributed by atoms with E-state index in [2.05, 4.69) is 29.6 Å². The summed E-state index contributed by atoms with van der Waals surface area (Å²) in [5.41, 5.74) is 3.26. The smallest absolute Gasteiger partial charge is 0.220 e. The molecular weight excluding hydrogens is 326 g/mol. The van der Waals surface area contributed by atoms with Gasteiger partial charge in [-0.2, -0.15) is 0 Å². The van der Waals surface area contributed by atoms with Crippen molar-refractivity contribution in [2.24, 2.45) is 0 Å². The van der Waals surface area contributed by atoms with Crippen LogP contribution in [0.2, 0.25) is 0 Å². The molecule has 4 rings (SSSR count). The van der Waals surface area contributed by atoms with E-state index in [9.17, 15) is 4.79 Å². The minimum absolute atomic E-state index is 0.116. The second-order valence-corrected chi connectivity index (χ2v) is 7.20. The number of amides is 1. The minimum atomic E-state index is 0.116. The highest BCUT2D eigenvalue weighted by molar-refractivity contribution is 5.80. The molecule has 0 radical (unpaired) electrons. The molecule has 2 aromatic rings. The highest BCUT2D eigenvalue weighted by atomic mass is 16.5. The van der Waals surface area contributed by atoms with Crippen LogP contribution in [0.4, 0.5) is 0 Å². The number of benzene rings is 2. The van der Waals surface area contributed by atoms with Crippen molar-refractivity contribution in [2.45, 2.75) is 44.1 Å². The Labute approximate surface area is 154 Å². The summed E-state index contributed by atoms with van der Waals surface area (Å²) in [6, 6.07) is 14.5. The predicted octanol–water partition coefficient (Wildman–Crippen LogP) is 4.29. The van der Waals surface area contributed by atoms with E-state index in [1.54, 1.807) is 7.11 Å². The maximum Gasteiger partial charge on any atom is 0.220 e. The van der Waals surface area contributed by atoms with Crippen LogP contribution in [-0.2, 0) is 4.79 Å². The fourth-order valence-electron chi connectivity index (χ4n) is 4.02. The Hall–Kier alpha value is -2.49. The number of nitrogens with one attached hydrogen (secondary N) is 1. The standard InChI is InChI=1S/C22H25NO3/c1-25-22-19(15-7-3-2-4-8-15)11-16(17-13-21(24)23-14-17)12-20(22)26-18-9-5-6-10-18/h2-4,7-8,11-12,17-18H,5-6,9-10,13-14H2,1H3,(H,23,24). The average Bonchev–Trinajstić information content (AvgIpc) is 3.33. The topological polar surface area (TPSA) is 47.6 Å². The average molecular weight is 351 g/mol. The van der Waals surface area contributed by atoms with Gasteiger partial charge in [-0.1, -0.05) is 30.3 Å². The Kier molecular flexibility index (Phi) is 4.83. The molecule has 1 saturated heterocycles. The lowest BCUT2D eigenvalue weighted by Crippen LogP contribution is -2.14. The molecule has 4 heteroatoms. The zero-order valence-corrected chi connectivity index (χ0v) is 15.2. The second-order valence-electron chi connectivity index (χ2n) is 7.20. The van der Waals surface area contributed by atoms with Gasteiger partial charge in [-0.25, -0.2) is 0 Å². The molecule has 1 unspecified atom stereocenters. The van der Waals surface area contributed by atoms with Crippen LogP contribution in [0.1, 0.15) is 43.6 Å². The number of hydrogen-bond acceptors (Lipinski definition) is 3. The molecule has 1 saturated carbocycles. The Morgan fingerprint density at radius 3 is 2.50 bits per heavy atom. The van der Waals surface area contributed by atoms with Gasteiger partial charge in [0.2, 0.25) is 5.91 Å². The largest absolute Gasteiger partial charge is 0.492 e. The lowest BCUT2D eigenvalue weighted by Gasteiger charge is -2.21. The Morgan fingerprint density at radius 1 is 1.08 bits per heavy atom. The van der Waals surface area contributed by atoms with Gasteiger partial charge in [0, 0.05) is 24.4 Å². The van der Waals surface area contributed by atoms with Crippen molar-refractivity contribution in [1.29, 1.82) is 0 Å². The molecule has 136 valence electrons. The van der Waals surface area contributed by atoms with Crippen molar-refractivity contribution < 1.29 is 14.3 Å². The zero-order valence-electron chi connectivity index (χ0n) is 15.2. The summed E-state index contributed by atoms with van der Waals surface area (Å²) >= 11 is 0. The van der Waals surface area contributed by atoms with Gasteiger partial charge in [0.15, 0.2) is 11.5 Å². The van der Waals surface area contributed by atoms with Gasteiger partial charge in [-0.05, 0) is 48.9 Å². The second kappa shape index (κ2) is 7.40. The molecule has 2 aliphatic rings. The molecule has 1 heterocycles. The van der Waals surface area contributed by atoms with E-state index in [1.807, 2.05) is 18.2 Å². The molecule has 0 spiro atoms. The van der Waals surface area contributed by atoms with Crippen LogP contribution in [0.3, 0.4) is 0 Å². The molecule has 1 amide bonds. The Balaban J connectivity index is 1.78. The van der Waals surface area contributed by atoms with E-state index in [4.69, 9.17) is 9.47 Å². The Morgan fingerprint density at radius 2 is 1.85 bits per heavy atom. The van der Waals surface area contributed by atoms with Gasteiger partial charge >= 0.3 is 0 Å². The van der Waals surface area contributed by atoms with Crippen molar-refractivity contribution in [3.63, 3.8) is 0 Å². The molecule has 4 nitrogen and oxygen atoms in total. The van der Waals surface area contributed by atoms with Gasteiger partial charge in [0.1, 0.15) is 0 Å². The van der Waals surface area contributed by atoms with Crippen molar-refractivity contribution in [2.75, 3.05) is 13.7 Å². The number of methoxy groups -OCH3 is 1. The van der Waals surface area contributed by atoms with Crippen molar-refractivity contribution in [3.05, 3.63) is 48.0 Å². The van der Waals surface area contributed by atoms with E-state index in [0.717, 1.165) is 41.0 Å². The minimum Gasteiger partial charge on any atom is -0.492 e. The fourth-order valence-corrected chi connectivity index (χ4v) is 4.02. The number of carbonyl (C=O) groups excluding carboxylic acids is 1. The molecule has 1 N–H and O–H groups in total. The monoisotopic (exact) mass is 351 g/mol. The maximum atomic E-state index is 11.7. The Bertz CT molecular complexity index is 781. The van der Waals surface area contributed by atoms with Gasteiger partial charge in [-0.15, -0.1) is 0 Å². The predicted molar refractivity (Wildman–Crippen MR) is 102 cm³/mol. The fraction of sp³-hybridized carbons (Fsp3) is 0.409. The van der Waals surface area contributed by atoms with E-state index >= 15 is 0 Å². The van der Waals surface area contributed by atoms with Crippen molar-refractivity contribution >= 4 is 5.91 Å². The molecule has 0 bridgehead atoms. The highest BCUT2D eigenvalue weighted by Gasteiger charge is 2.27. The third-order valence-corrected chi connectivity index (χ3v) is 5.41. The van der Waals surface area contributed by atoms with Crippen LogP contribution in [0, 0.1) is 0 Å². The highest BCUT2D eigenvalue weighted by Crippen LogP contribution is 2.43. The third-order valence-electron chi connectivity index (χ3n) is 5.41. The summed E-state index contributed by atoms with van der Waals surface area (Å²) in [5, 5.41) is 2.94. The van der Waals surface area contributed by atoms with E-state index in [-0.39, 0.29) is 17.9 Å². The quantitative estimate of drug-likeness (QED) is 0.874. The summed E-state index contributed by atoms with van der Waals surface area (Å²) in [6.45, 7) is 0.683. The summed E-state index contributed by atoms with van der Waals surface area (Å²) in [7, 11) is 1.70. The zero-order chi connectivity index (χ0) is 17.9. The van der Waals surface area contributed by atoms with Crippen molar-refractivity contribution in [1.82, 2.24) is 5.32 Å². The lowest BCUT2D eigenvalue weighted by atomic mass is 9.93. The molecule has 1 atom stereocenters. The van der Waals surface area contributed by atoms with Crippen LogP contribution < -0.4 is 14.8 Å². The molecular formula is C22H25NO3. The van der Waals surface area contributed by atoms with Crippen LogP contribution in [-0.4, -0.2) is 25.7 Å². The van der Waals surface area contributed by atoms with E-state index < -0.39 is 0 Å². The number of rotatable bonds is 5. The van der Waals surface area contributed by atoms with Crippen LogP contribution in [0.5, 0.6) is 11.5 Å². The number of hydrogen-bond donors (Lipinski definition) is 1. The van der Waals surface area contributed by atoms with Crippen LogP contribution >= 0.6 is 0 Å². The van der Waals surface area contributed by atoms with Crippen LogP contribution in [0.25, 0.3) is 11.1 Å². The van der Waals surface area contributed by atoms with Gasteiger partial charge in [0.05, 0.1) is 13.2 Å². The van der Waals surface area contributed by atoms with Gasteiger partial charge in [-0.3, -0.25) is 4.79 Å². The number of ether oxygens (including phenoxy) is 2. The van der Waals surface area contributed by atoms with Crippen LogP contribution in [0.15, 0.2) is 42.5 Å². The SMILES string of the molecule is COc1c(OC2CCCC2)cc(C2CNC(=O)C2)cc1-c1ccccc1. The molecule has 26 heavy (non-hydrogen) atoms. The molecule has 2 aromatic carbocycles. The number of carbonyl (C=O) groups is 1. The normalized spacial score (nSPS) is 20.2. The lowest BCUT2D eigenvalue weighted by molar-refractivity contribution is -0.119. The summed E-state index contributed by atoms with van der Waals surface area (Å²) in [6.07, 6.45) is 5.42. The first kappa shape index (κ1) is 17.0. The maximum absolute atomic E-state index is 11.7.